The zero-order chi connectivity index (χ0) is 14.9. The first-order valence-corrected chi connectivity index (χ1v) is 7.83. The van der Waals surface area contributed by atoms with Gasteiger partial charge in [-0.15, -0.1) is 0 Å². The van der Waals surface area contributed by atoms with Gasteiger partial charge < -0.3 is 4.90 Å². The molecule has 4 heteroatoms. The van der Waals surface area contributed by atoms with E-state index in [0.717, 1.165) is 50.9 Å². The third kappa shape index (κ3) is 2.95. The Morgan fingerprint density at radius 1 is 1.24 bits per heavy atom. The van der Waals surface area contributed by atoms with Gasteiger partial charge in [-0.1, -0.05) is 12.1 Å². The van der Waals surface area contributed by atoms with Gasteiger partial charge in [0.05, 0.1) is 0 Å². The van der Waals surface area contributed by atoms with Gasteiger partial charge >= 0.3 is 0 Å². The molecule has 2 fully saturated rings. The van der Waals surface area contributed by atoms with Crippen LogP contribution < -0.4 is 0 Å². The van der Waals surface area contributed by atoms with E-state index in [0.29, 0.717) is 6.42 Å². The number of hydrogen-bond acceptors (Lipinski definition) is 2. The first-order chi connectivity index (χ1) is 10.1. The molecular formula is C17H23FN2O. The summed E-state index contributed by atoms with van der Waals surface area (Å²) in [5.41, 5.74) is 1.11. The average molecular weight is 290 g/mol. The van der Waals surface area contributed by atoms with Gasteiger partial charge in [0.1, 0.15) is 5.82 Å². The number of nitrogens with zero attached hydrogens (tertiary/aromatic N) is 2. The lowest BCUT2D eigenvalue weighted by Crippen LogP contribution is -2.43. The summed E-state index contributed by atoms with van der Waals surface area (Å²) in [6, 6.07) is 6.86. The van der Waals surface area contributed by atoms with Crippen molar-refractivity contribution in [1.29, 1.82) is 0 Å². The van der Waals surface area contributed by atoms with Crippen molar-refractivity contribution in [3.63, 3.8) is 0 Å². The summed E-state index contributed by atoms with van der Waals surface area (Å²) in [5, 5.41) is 0. The summed E-state index contributed by atoms with van der Waals surface area (Å²) in [7, 11) is 1.96. The van der Waals surface area contributed by atoms with E-state index >= 15 is 0 Å². The first-order valence-electron chi connectivity index (χ1n) is 7.83. The Kier molecular flexibility index (Phi) is 3.98. The second-order valence-corrected chi connectivity index (χ2v) is 6.44. The van der Waals surface area contributed by atoms with Gasteiger partial charge in [-0.3, -0.25) is 9.69 Å². The van der Waals surface area contributed by atoms with Gasteiger partial charge in [-0.2, -0.15) is 0 Å². The van der Waals surface area contributed by atoms with Crippen LogP contribution >= 0.6 is 0 Å². The van der Waals surface area contributed by atoms with E-state index in [1.165, 1.54) is 6.07 Å². The molecule has 0 bridgehead atoms. The van der Waals surface area contributed by atoms with Crippen molar-refractivity contribution in [3.05, 3.63) is 35.6 Å². The van der Waals surface area contributed by atoms with Crippen LogP contribution in [-0.2, 0) is 11.3 Å². The topological polar surface area (TPSA) is 23.6 Å². The maximum absolute atomic E-state index is 13.3. The Labute approximate surface area is 125 Å². The molecule has 0 N–H and O–H groups in total. The van der Waals surface area contributed by atoms with E-state index in [4.69, 9.17) is 0 Å². The summed E-state index contributed by atoms with van der Waals surface area (Å²) in [5.74, 6) is 0.119. The standard InChI is InChI=1S/C17H23FN2O/c1-19-16(21)6-8-17(19)7-3-10-20(11-9-17)13-14-4-2-5-15(18)12-14/h2,4-5,12H,3,6-11,13H2,1H3/t17-/m1/s1. The Morgan fingerprint density at radius 3 is 2.81 bits per heavy atom. The lowest BCUT2D eigenvalue weighted by Gasteiger charge is -2.35. The molecule has 0 aromatic heterocycles. The quantitative estimate of drug-likeness (QED) is 0.836. The van der Waals surface area contributed by atoms with E-state index < -0.39 is 0 Å². The van der Waals surface area contributed by atoms with Crippen molar-refractivity contribution in [1.82, 2.24) is 9.80 Å². The van der Waals surface area contributed by atoms with Crippen molar-refractivity contribution in [2.24, 2.45) is 0 Å². The average Bonchev–Trinajstić information content (AvgIpc) is 2.64. The number of benzene rings is 1. The molecule has 0 unspecified atom stereocenters. The Morgan fingerprint density at radius 2 is 2.10 bits per heavy atom. The van der Waals surface area contributed by atoms with Gasteiger partial charge in [0.25, 0.3) is 0 Å². The second-order valence-electron chi connectivity index (χ2n) is 6.44. The highest BCUT2D eigenvalue weighted by Gasteiger charge is 2.43. The summed E-state index contributed by atoms with van der Waals surface area (Å²) < 4.78 is 13.3. The Balaban J connectivity index is 1.65. The second kappa shape index (κ2) is 5.76. The number of likely N-dealkylation sites (tertiary alicyclic amines) is 2. The lowest BCUT2D eigenvalue weighted by molar-refractivity contribution is -0.129. The molecule has 2 heterocycles. The monoisotopic (exact) mass is 290 g/mol. The SMILES string of the molecule is CN1C(=O)CC[C@@]12CCCN(Cc1cccc(F)c1)CC2. The summed E-state index contributed by atoms with van der Waals surface area (Å²) >= 11 is 0. The summed E-state index contributed by atoms with van der Waals surface area (Å²) in [6.45, 7) is 2.81. The molecule has 1 aromatic carbocycles. The van der Waals surface area contributed by atoms with Crippen LogP contribution in [0.3, 0.4) is 0 Å². The van der Waals surface area contributed by atoms with Crippen LogP contribution in [0.5, 0.6) is 0 Å². The zero-order valence-corrected chi connectivity index (χ0v) is 12.6. The molecule has 2 aliphatic rings. The number of hydrogen-bond donors (Lipinski definition) is 0. The van der Waals surface area contributed by atoms with E-state index in [-0.39, 0.29) is 17.3 Å². The Hall–Kier alpha value is -1.42. The normalized spacial score (nSPS) is 27.3. The van der Waals surface area contributed by atoms with Crippen LogP contribution in [0.15, 0.2) is 24.3 Å². The molecule has 0 saturated carbocycles. The minimum atomic E-state index is -0.167. The molecule has 2 saturated heterocycles. The van der Waals surface area contributed by atoms with Gasteiger partial charge in [0, 0.05) is 32.1 Å². The van der Waals surface area contributed by atoms with Crippen LogP contribution in [-0.4, -0.2) is 41.4 Å². The van der Waals surface area contributed by atoms with Crippen molar-refractivity contribution in [2.45, 2.75) is 44.2 Å². The van der Waals surface area contributed by atoms with Crippen molar-refractivity contribution >= 4 is 5.91 Å². The predicted molar refractivity (Wildman–Crippen MR) is 80.3 cm³/mol. The van der Waals surface area contributed by atoms with Gasteiger partial charge in [0.15, 0.2) is 0 Å². The highest BCUT2D eigenvalue weighted by molar-refractivity contribution is 5.79. The first kappa shape index (κ1) is 14.5. The summed E-state index contributed by atoms with van der Waals surface area (Å²) in [4.78, 5) is 16.2. The van der Waals surface area contributed by atoms with Crippen LogP contribution in [0.2, 0.25) is 0 Å². The molecule has 0 radical (unpaired) electrons. The number of amides is 1. The van der Waals surface area contributed by atoms with E-state index in [1.807, 2.05) is 18.0 Å². The van der Waals surface area contributed by atoms with Crippen molar-refractivity contribution in [3.8, 4) is 0 Å². The third-order valence-electron chi connectivity index (χ3n) is 5.19. The molecule has 3 rings (SSSR count). The molecule has 1 spiro atoms. The zero-order valence-electron chi connectivity index (χ0n) is 12.6. The molecular weight excluding hydrogens is 267 g/mol. The largest absolute Gasteiger partial charge is 0.340 e. The molecule has 1 aromatic rings. The van der Waals surface area contributed by atoms with Gasteiger partial charge in [0.2, 0.25) is 5.91 Å². The van der Waals surface area contributed by atoms with Crippen molar-refractivity contribution < 1.29 is 9.18 Å². The van der Waals surface area contributed by atoms with Gasteiger partial charge in [-0.25, -0.2) is 4.39 Å². The fraction of sp³-hybridized carbons (Fsp3) is 0.588. The van der Waals surface area contributed by atoms with Crippen LogP contribution in [0, 0.1) is 5.82 Å². The third-order valence-corrected chi connectivity index (χ3v) is 5.19. The maximum atomic E-state index is 13.3. The number of halogens is 1. The lowest BCUT2D eigenvalue weighted by atomic mass is 9.88. The molecule has 21 heavy (non-hydrogen) atoms. The molecule has 0 aliphatic carbocycles. The van der Waals surface area contributed by atoms with Crippen LogP contribution in [0.4, 0.5) is 4.39 Å². The molecule has 2 aliphatic heterocycles. The van der Waals surface area contributed by atoms with Crippen LogP contribution in [0.1, 0.15) is 37.7 Å². The van der Waals surface area contributed by atoms with Gasteiger partial charge in [-0.05, 0) is 49.9 Å². The highest BCUT2D eigenvalue weighted by Crippen LogP contribution is 2.38. The number of carbonyl (C=O) groups excluding carboxylic acids is 1. The fourth-order valence-corrected chi connectivity index (χ4v) is 3.81. The minimum absolute atomic E-state index is 0.0772. The van der Waals surface area contributed by atoms with E-state index in [2.05, 4.69) is 4.90 Å². The number of carbonyl (C=O) groups is 1. The fourth-order valence-electron chi connectivity index (χ4n) is 3.81. The number of rotatable bonds is 2. The maximum Gasteiger partial charge on any atom is 0.222 e. The molecule has 1 atom stereocenters. The van der Waals surface area contributed by atoms with E-state index in [9.17, 15) is 9.18 Å². The van der Waals surface area contributed by atoms with E-state index in [1.54, 1.807) is 12.1 Å². The molecule has 114 valence electrons. The molecule has 3 nitrogen and oxygen atoms in total. The summed E-state index contributed by atoms with van der Waals surface area (Å²) in [6.07, 6.45) is 4.92. The predicted octanol–water partition coefficient (Wildman–Crippen LogP) is 2.80. The minimum Gasteiger partial charge on any atom is -0.340 e. The highest BCUT2D eigenvalue weighted by atomic mass is 19.1. The smallest absolute Gasteiger partial charge is 0.222 e. The molecule has 1 amide bonds. The van der Waals surface area contributed by atoms with Crippen molar-refractivity contribution in [2.75, 3.05) is 20.1 Å². The Bertz CT molecular complexity index is 533. The van der Waals surface area contributed by atoms with Crippen LogP contribution in [0.25, 0.3) is 0 Å².